The van der Waals surface area contributed by atoms with Crippen molar-refractivity contribution in [3.63, 3.8) is 0 Å². The zero-order chi connectivity index (χ0) is 12.9. The molecule has 2 heteroatoms. The third-order valence-electron chi connectivity index (χ3n) is 5.72. The van der Waals surface area contributed by atoms with Crippen LogP contribution >= 0.6 is 0 Å². The van der Waals surface area contributed by atoms with E-state index in [0.717, 1.165) is 19.1 Å². The van der Waals surface area contributed by atoms with Gasteiger partial charge in [-0.25, -0.2) is 0 Å². The summed E-state index contributed by atoms with van der Waals surface area (Å²) < 4.78 is 5.14. The first-order valence-electron chi connectivity index (χ1n) is 7.66. The molecule has 0 amide bonds. The Bertz CT molecular complexity index is 309. The van der Waals surface area contributed by atoms with Crippen LogP contribution in [0, 0.1) is 22.2 Å². The van der Waals surface area contributed by atoms with Crippen molar-refractivity contribution in [1.29, 1.82) is 0 Å². The predicted molar refractivity (Wildman–Crippen MR) is 74.6 cm³/mol. The molecule has 0 radical (unpaired) electrons. The normalized spacial score (nSPS) is 49.8. The van der Waals surface area contributed by atoms with Gasteiger partial charge in [0, 0.05) is 20.2 Å². The second-order valence-corrected chi connectivity index (χ2v) is 8.30. The largest absolute Gasteiger partial charge is 0.383 e. The summed E-state index contributed by atoms with van der Waals surface area (Å²) >= 11 is 0. The highest BCUT2D eigenvalue weighted by Crippen LogP contribution is 2.69. The van der Waals surface area contributed by atoms with E-state index in [1.54, 1.807) is 7.11 Å². The highest BCUT2D eigenvalue weighted by atomic mass is 16.5. The Hall–Kier alpha value is -0.0800. The van der Waals surface area contributed by atoms with E-state index < -0.39 is 0 Å². The number of methoxy groups -OCH3 is 1. The first-order valence-corrected chi connectivity index (χ1v) is 7.66. The van der Waals surface area contributed by atoms with Gasteiger partial charge < -0.3 is 10.1 Å². The van der Waals surface area contributed by atoms with Gasteiger partial charge in [-0.1, -0.05) is 13.8 Å². The number of ether oxygens (including phenoxy) is 1. The lowest BCUT2D eigenvalue weighted by atomic mass is 9.40. The van der Waals surface area contributed by atoms with E-state index in [1.165, 1.54) is 45.1 Å². The van der Waals surface area contributed by atoms with Gasteiger partial charge in [0.2, 0.25) is 0 Å². The Labute approximate surface area is 112 Å². The van der Waals surface area contributed by atoms with Gasteiger partial charge in [0.15, 0.2) is 0 Å². The molecule has 2 unspecified atom stereocenters. The monoisotopic (exact) mass is 251 g/mol. The second kappa shape index (κ2) is 4.21. The van der Waals surface area contributed by atoms with E-state index in [9.17, 15) is 0 Å². The minimum absolute atomic E-state index is 0.608. The van der Waals surface area contributed by atoms with Crippen molar-refractivity contribution in [2.24, 2.45) is 22.2 Å². The van der Waals surface area contributed by atoms with Crippen molar-refractivity contribution in [1.82, 2.24) is 5.32 Å². The van der Waals surface area contributed by atoms with Crippen molar-refractivity contribution in [2.45, 2.75) is 52.4 Å². The molecule has 0 aromatic heterocycles. The molecule has 0 heterocycles. The first-order chi connectivity index (χ1) is 8.47. The summed E-state index contributed by atoms with van der Waals surface area (Å²) in [5, 5.41) is 3.65. The van der Waals surface area contributed by atoms with Gasteiger partial charge in [-0.05, 0) is 60.7 Å². The molecular weight excluding hydrogens is 222 g/mol. The second-order valence-electron chi connectivity index (χ2n) is 8.30. The molecule has 1 N–H and O–H groups in total. The van der Waals surface area contributed by atoms with Crippen LogP contribution in [0.2, 0.25) is 0 Å². The fraction of sp³-hybridized carbons (Fsp3) is 1.00. The van der Waals surface area contributed by atoms with Crippen LogP contribution in [0.3, 0.4) is 0 Å². The summed E-state index contributed by atoms with van der Waals surface area (Å²) in [7, 11) is 1.79. The van der Waals surface area contributed by atoms with Gasteiger partial charge in [0.1, 0.15) is 0 Å². The zero-order valence-corrected chi connectivity index (χ0v) is 12.3. The topological polar surface area (TPSA) is 21.3 Å². The van der Waals surface area contributed by atoms with E-state index in [2.05, 4.69) is 19.2 Å². The summed E-state index contributed by atoms with van der Waals surface area (Å²) in [6.45, 7) is 8.18. The van der Waals surface area contributed by atoms with Crippen molar-refractivity contribution in [2.75, 3.05) is 26.8 Å². The summed E-state index contributed by atoms with van der Waals surface area (Å²) in [4.78, 5) is 0. The van der Waals surface area contributed by atoms with Crippen LogP contribution in [-0.2, 0) is 4.74 Å². The molecule has 0 aromatic carbocycles. The summed E-state index contributed by atoms with van der Waals surface area (Å²) in [6, 6.07) is 0. The number of hydrogen-bond donors (Lipinski definition) is 1. The van der Waals surface area contributed by atoms with E-state index >= 15 is 0 Å². The first kappa shape index (κ1) is 12.9. The summed E-state index contributed by atoms with van der Waals surface area (Å²) in [5.74, 6) is 1.01. The molecule has 2 atom stereocenters. The van der Waals surface area contributed by atoms with Gasteiger partial charge in [-0.3, -0.25) is 0 Å². The molecule has 4 saturated carbocycles. The highest BCUT2D eigenvalue weighted by molar-refractivity contribution is 5.10. The molecule has 104 valence electrons. The van der Waals surface area contributed by atoms with Crippen LogP contribution in [0.1, 0.15) is 52.4 Å². The Morgan fingerprint density at radius 1 is 1.06 bits per heavy atom. The fourth-order valence-electron chi connectivity index (χ4n) is 6.41. The van der Waals surface area contributed by atoms with Crippen molar-refractivity contribution < 1.29 is 4.74 Å². The molecule has 0 saturated heterocycles. The summed E-state index contributed by atoms with van der Waals surface area (Å²) in [6.07, 6.45) is 8.90. The molecule has 4 bridgehead atoms. The standard InChI is InChI=1S/C16H29NO/c1-14-6-13-7-15(2,9-14)11-16(8-13,10-14)12-17-4-5-18-3/h13,17H,4-12H2,1-3H3. The van der Waals surface area contributed by atoms with Gasteiger partial charge in [0.05, 0.1) is 6.61 Å². The Balaban J connectivity index is 1.69. The lowest BCUT2D eigenvalue weighted by Crippen LogP contribution is -2.57. The van der Waals surface area contributed by atoms with Gasteiger partial charge in [-0.2, -0.15) is 0 Å². The van der Waals surface area contributed by atoms with E-state index in [4.69, 9.17) is 4.74 Å². The zero-order valence-electron chi connectivity index (χ0n) is 12.3. The molecule has 4 aliphatic carbocycles. The number of hydrogen-bond acceptors (Lipinski definition) is 2. The maximum absolute atomic E-state index is 5.14. The van der Waals surface area contributed by atoms with Gasteiger partial charge in [-0.15, -0.1) is 0 Å². The number of nitrogens with one attached hydrogen (secondary N) is 1. The Kier molecular flexibility index (Phi) is 3.02. The quantitative estimate of drug-likeness (QED) is 0.758. The maximum Gasteiger partial charge on any atom is 0.0587 e. The van der Waals surface area contributed by atoms with Crippen LogP contribution in [-0.4, -0.2) is 26.8 Å². The molecule has 4 rings (SSSR count). The van der Waals surface area contributed by atoms with E-state index in [0.29, 0.717) is 16.2 Å². The van der Waals surface area contributed by atoms with Crippen molar-refractivity contribution >= 4 is 0 Å². The maximum atomic E-state index is 5.14. The minimum Gasteiger partial charge on any atom is -0.383 e. The minimum atomic E-state index is 0.608. The van der Waals surface area contributed by atoms with Crippen LogP contribution in [0.25, 0.3) is 0 Å². The van der Waals surface area contributed by atoms with E-state index in [1.807, 2.05) is 0 Å². The smallest absolute Gasteiger partial charge is 0.0587 e. The highest BCUT2D eigenvalue weighted by Gasteiger charge is 2.59. The van der Waals surface area contributed by atoms with Crippen molar-refractivity contribution in [3.8, 4) is 0 Å². The molecule has 2 nitrogen and oxygen atoms in total. The van der Waals surface area contributed by atoms with Crippen LogP contribution in [0.15, 0.2) is 0 Å². The fourth-order valence-corrected chi connectivity index (χ4v) is 6.41. The van der Waals surface area contributed by atoms with Crippen LogP contribution < -0.4 is 5.32 Å². The third-order valence-corrected chi connectivity index (χ3v) is 5.72. The average Bonchev–Trinajstić information content (AvgIpc) is 2.19. The molecule has 0 spiro atoms. The summed E-state index contributed by atoms with van der Waals surface area (Å²) in [5.41, 5.74) is 1.91. The molecule has 0 aliphatic heterocycles. The van der Waals surface area contributed by atoms with E-state index in [-0.39, 0.29) is 0 Å². The molecule has 4 fully saturated rings. The van der Waals surface area contributed by atoms with Crippen molar-refractivity contribution in [3.05, 3.63) is 0 Å². The average molecular weight is 251 g/mol. The lowest BCUT2D eigenvalue weighted by molar-refractivity contribution is -0.143. The number of rotatable bonds is 5. The Morgan fingerprint density at radius 3 is 2.28 bits per heavy atom. The van der Waals surface area contributed by atoms with Gasteiger partial charge in [0.25, 0.3) is 0 Å². The third kappa shape index (κ3) is 2.22. The van der Waals surface area contributed by atoms with Crippen LogP contribution in [0.5, 0.6) is 0 Å². The van der Waals surface area contributed by atoms with Crippen LogP contribution in [0.4, 0.5) is 0 Å². The predicted octanol–water partition coefficient (Wildman–Crippen LogP) is 3.22. The molecule has 4 aliphatic rings. The lowest BCUT2D eigenvalue weighted by Gasteiger charge is -2.65. The van der Waals surface area contributed by atoms with Gasteiger partial charge >= 0.3 is 0 Å². The molecule has 0 aromatic rings. The Morgan fingerprint density at radius 2 is 1.72 bits per heavy atom. The molecule has 18 heavy (non-hydrogen) atoms. The molecular formula is C16H29NO. The SMILES string of the molecule is COCCNCC12CC3CC(C)(CC(C)(C3)C1)C2.